The first-order valence-electron chi connectivity index (χ1n) is 5.74. The van der Waals surface area contributed by atoms with Crippen LogP contribution in [0.2, 0.25) is 0 Å². The van der Waals surface area contributed by atoms with E-state index in [1.54, 1.807) is 0 Å². The second kappa shape index (κ2) is 3.36. The van der Waals surface area contributed by atoms with E-state index in [1.165, 1.54) is 0 Å². The standard InChI is InChI=1S/C10H16N6O/c1-4-6-5(2)13-8-7(16(6)3-12-4)9(17)15-10(11)14-8/h4-6,12H,3H2,1-2H3,(H4,11,13,14,15,17)/t4-,5+,6?/m1/s1. The van der Waals surface area contributed by atoms with Crippen molar-refractivity contribution >= 4 is 17.5 Å². The molecule has 3 atom stereocenters. The highest BCUT2D eigenvalue weighted by Gasteiger charge is 2.41. The molecule has 0 saturated carbocycles. The van der Waals surface area contributed by atoms with Crippen molar-refractivity contribution in [3.8, 4) is 0 Å². The van der Waals surface area contributed by atoms with Crippen LogP contribution in [-0.4, -0.2) is 34.8 Å². The first-order chi connectivity index (χ1) is 8.08. The Labute approximate surface area is 98.4 Å². The third kappa shape index (κ3) is 1.39. The lowest BCUT2D eigenvalue weighted by Crippen LogP contribution is -2.52. The molecule has 0 bridgehead atoms. The van der Waals surface area contributed by atoms with Crippen LogP contribution in [0.5, 0.6) is 0 Å². The molecule has 0 radical (unpaired) electrons. The number of hydrogen-bond acceptors (Lipinski definition) is 6. The lowest BCUT2D eigenvalue weighted by Gasteiger charge is -2.38. The summed E-state index contributed by atoms with van der Waals surface area (Å²) in [5, 5.41) is 6.60. The van der Waals surface area contributed by atoms with Crippen molar-refractivity contribution in [1.29, 1.82) is 0 Å². The zero-order valence-corrected chi connectivity index (χ0v) is 9.82. The average molecular weight is 236 g/mol. The van der Waals surface area contributed by atoms with E-state index in [9.17, 15) is 4.79 Å². The van der Waals surface area contributed by atoms with E-state index in [-0.39, 0.29) is 23.6 Å². The summed E-state index contributed by atoms with van der Waals surface area (Å²) < 4.78 is 0. The number of nitrogens with one attached hydrogen (secondary N) is 3. The summed E-state index contributed by atoms with van der Waals surface area (Å²) >= 11 is 0. The number of nitrogens with zero attached hydrogens (tertiary/aromatic N) is 2. The molecule has 1 fully saturated rings. The Balaban J connectivity index is 2.16. The molecule has 1 aromatic rings. The monoisotopic (exact) mass is 236 g/mol. The maximum Gasteiger partial charge on any atom is 0.278 e. The minimum absolute atomic E-state index is 0.145. The van der Waals surface area contributed by atoms with Gasteiger partial charge in [-0.1, -0.05) is 0 Å². The molecule has 1 aromatic heterocycles. The summed E-state index contributed by atoms with van der Waals surface area (Å²) in [6.07, 6.45) is 0. The molecule has 0 aliphatic carbocycles. The molecule has 2 aliphatic heterocycles. The van der Waals surface area contributed by atoms with Gasteiger partial charge in [-0.25, -0.2) is 0 Å². The van der Waals surface area contributed by atoms with Gasteiger partial charge < -0.3 is 16.0 Å². The van der Waals surface area contributed by atoms with Gasteiger partial charge in [-0.05, 0) is 13.8 Å². The Kier molecular flexibility index (Phi) is 2.06. The van der Waals surface area contributed by atoms with Gasteiger partial charge in [-0.15, -0.1) is 0 Å². The predicted octanol–water partition coefficient (Wildman–Crippen LogP) is -0.710. The van der Waals surface area contributed by atoms with Gasteiger partial charge in [0.15, 0.2) is 5.82 Å². The van der Waals surface area contributed by atoms with Gasteiger partial charge in [0.05, 0.1) is 12.7 Å². The highest BCUT2D eigenvalue weighted by molar-refractivity contribution is 5.70. The molecule has 1 saturated heterocycles. The van der Waals surface area contributed by atoms with Crippen LogP contribution in [0.1, 0.15) is 13.8 Å². The molecule has 7 nitrogen and oxygen atoms in total. The highest BCUT2D eigenvalue weighted by Crippen LogP contribution is 2.32. The van der Waals surface area contributed by atoms with Crippen molar-refractivity contribution < 1.29 is 0 Å². The third-order valence-corrected chi connectivity index (χ3v) is 3.53. The summed E-state index contributed by atoms with van der Waals surface area (Å²) in [6, 6.07) is 0.817. The van der Waals surface area contributed by atoms with Crippen LogP contribution in [0.15, 0.2) is 4.79 Å². The van der Waals surface area contributed by atoms with Crippen molar-refractivity contribution in [1.82, 2.24) is 15.3 Å². The van der Waals surface area contributed by atoms with Crippen molar-refractivity contribution in [3.63, 3.8) is 0 Å². The van der Waals surface area contributed by atoms with Crippen molar-refractivity contribution in [2.45, 2.75) is 32.0 Å². The molecule has 0 spiro atoms. The second-order valence-corrected chi connectivity index (χ2v) is 4.69. The van der Waals surface area contributed by atoms with Crippen molar-refractivity contribution in [2.75, 3.05) is 22.6 Å². The number of fused-ring (bicyclic) bond motifs is 3. The molecule has 7 heteroatoms. The number of anilines is 3. The molecule has 2 aliphatic rings. The lowest BCUT2D eigenvalue weighted by atomic mass is 10.0. The van der Waals surface area contributed by atoms with Crippen LogP contribution in [0, 0.1) is 0 Å². The number of rotatable bonds is 0. The summed E-state index contributed by atoms with van der Waals surface area (Å²) in [7, 11) is 0. The molecule has 17 heavy (non-hydrogen) atoms. The summed E-state index contributed by atoms with van der Waals surface area (Å²) in [5.74, 6) is 0.720. The third-order valence-electron chi connectivity index (χ3n) is 3.53. The van der Waals surface area contributed by atoms with Gasteiger partial charge in [0.1, 0.15) is 5.69 Å². The molecule has 0 aromatic carbocycles. The first-order valence-corrected chi connectivity index (χ1v) is 5.74. The van der Waals surface area contributed by atoms with E-state index in [0.29, 0.717) is 24.2 Å². The van der Waals surface area contributed by atoms with E-state index in [2.05, 4.69) is 39.3 Å². The number of nitrogen functional groups attached to an aromatic ring is 1. The number of aromatic nitrogens is 2. The van der Waals surface area contributed by atoms with Crippen LogP contribution in [0.3, 0.4) is 0 Å². The number of nitrogens with two attached hydrogens (primary N) is 1. The Morgan fingerprint density at radius 2 is 2.18 bits per heavy atom. The zero-order chi connectivity index (χ0) is 12.2. The topological polar surface area (TPSA) is 99.1 Å². The van der Waals surface area contributed by atoms with Crippen LogP contribution in [0.25, 0.3) is 0 Å². The van der Waals surface area contributed by atoms with Crippen LogP contribution in [-0.2, 0) is 0 Å². The van der Waals surface area contributed by atoms with Gasteiger partial charge in [-0.3, -0.25) is 15.1 Å². The fourth-order valence-corrected chi connectivity index (χ4v) is 2.82. The average Bonchev–Trinajstić information content (AvgIpc) is 2.59. The van der Waals surface area contributed by atoms with Crippen molar-refractivity contribution in [3.05, 3.63) is 10.4 Å². The Bertz CT molecular complexity index is 512. The number of H-pyrrole nitrogens is 1. The Hall–Kier alpha value is -1.76. The smallest absolute Gasteiger partial charge is 0.278 e. The minimum Gasteiger partial charge on any atom is -0.369 e. The van der Waals surface area contributed by atoms with Crippen molar-refractivity contribution in [2.24, 2.45) is 0 Å². The molecule has 1 unspecified atom stereocenters. The number of aromatic amines is 1. The molecule has 0 amide bonds. The summed E-state index contributed by atoms with van der Waals surface area (Å²) in [5.41, 5.74) is 5.95. The highest BCUT2D eigenvalue weighted by atomic mass is 16.1. The molecule has 3 heterocycles. The lowest BCUT2D eigenvalue weighted by molar-refractivity contribution is 0.507. The normalized spacial score (nSPS) is 30.7. The molecular formula is C10H16N6O. The van der Waals surface area contributed by atoms with Gasteiger partial charge >= 0.3 is 0 Å². The van der Waals surface area contributed by atoms with Gasteiger partial charge in [0.2, 0.25) is 5.95 Å². The molecule has 92 valence electrons. The maximum atomic E-state index is 12.0. The fraction of sp³-hybridized carbons (Fsp3) is 0.600. The summed E-state index contributed by atoms with van der Waals surface area (Å²) in [4.78, 5) is 20.7. The fourth-order valence-electron chi connectivity index (χ4n) is 2.82. The van der Waals surface area contributed by atoms with Gasteiger partial charge in [0, 0.05) is 12.1 Å². The van der Waals surface area contributed by atoms with E-state index >= 15 is 0 Å². The summed E-state index contributed by atoms with van der Waals surface area (Å²) in [6.45, 7) is 4.87. The Morgan fingerprint density at radius 1 is 1.41 bits per heavy atom. The van der Waals surface area contributed by atoms with E-state index < -0.39 is 0 Å². The van der Waals surface area contributed by atoms with Crippen LogP contribution < -0.4 is 26.8 Å². The molecular weight excluding hydrogens is 220 g/mol. The second-order valence-electron chi connectivity index (χ2n) is 4.69. The molecule has 5 N–H and O–H groups in total. The molecule has 3 rings (SSSR count). The van der Waals surface area contributed by atoms with E-state index in [1.807, 2.05) is 0 Å². The largest absolute Gasteiger partial charge is 0.369 e. The minimum atomic E-state index is -0.187. The zero-order valence-electron chi connectivity index (χ0n) is 9.82. The first kappa shape index (κ1) is 10.4. The number of hydrogen-bond donors (Lipinski definition) is 4. The van der Waals surface area contributed by atoms with Gasteiger partial charge in [-0.2, -0.15) is 4.98 Å². The van der Waals surface area contributed by atoms with Crippen LogP contribution in [0.4, 0.5) is 17.5 Å². The van der Waals surface area contributed by atoms with Gasteiger partial charge in [0.25, 0.3) is 5.56 Å². The van der Waals surface area contributed by atoms with E-state index in [4.69, 9.17) is 5.73 Å². The maximum absolute atomic E-state index is 12.0. The predicted molar refractivity (Wildman–Crippen MR) is 66.1 cm³/mol. The SMILES string of the molecule is C[C@@H]1Nc2nc(N)[nH]c(=O)c2N2CN[C@H](C)C12. The van der Waals surface area contributed by atoms with Crippen LogP contribution >= 0.6 is 0 Å². The van der Waals surface area contributed by atoms with E-state index in [0.717, 1.165) is 0 Å². The Morgan fingerprint density at radius 3 is 2.94 bits per heavy atom. The quantitative estimate of drug-likeness (QED) is 0.475.